The Morgan fingerprint density at radius 1 is 1.31 bits per heavy atom. The Morgan fingerprint density at radius 3 is 2.62 bits per heavy atom. The van der Waals surface area contributed by atoms with Crippen LogP contribution in [0.15, 0.2) is 24.3 Å². The van der Waals surface area contributed by atoms with Crippen molar-refractivity contribution in [3.8, 4) is 11.8 Å². The van der Waals surface area contributed by atoms with E-state index >= 15 is 0 Å². The summed E-state index contributed by atoms with van der Waals surface area (Å²) in [6.45, 7) is 1.45. The number of nitrogens with two attached hydrogens (primary N) is 1. The van der Waals surface area contributed by atoms with E-state index in [9.17, 15) is 14.4 Å². The van der Waals surface area contributed by atoms with Gasteiger partial charge in [-0.2, -0.15) is 5.26 Å². The lowest BCUT2D eigenvalue weighted by Gasteiger charge is -2.33. The Morgan fingerprint density at radius 2 is 2.00 bits per heavy atom. The van der Waals surface area contributed by atoms with Crippen molar-refractivity contribution in [2.24, 2.45) is 5.73 Å². The molecule has 1 fully saturated rings. The van der Waals surface area contributed by atoms with Crippen LogP contribution in [0.25, 0.3) is 0 Å². The van der Waals surface area contributed by atoms with Crippen LogP contribution in [-0.4, -0.2) is 48.0 Å². The SMILES string of the molecule is C[C@H](Oc1ccc(C#N)cc1)C(=O)OCC(=O)N1CCCC[C@H]1C(N)=O. The molecular formula is C18H21N3O5. The highest BCUT2D eigenvalue weighted by Crippen LogP contribution is 2.17. The molecule has 1 aliphatic rings. The molecule has 0 aromatic heterocycles. The first-order valence-corrected chi connectivity index (χ1v) is 8.34. The minimum Gasteiger partial charge on any atom is -0.479 e. The summed E-state index contributed by atoms with van der Waals surface area (Å²) in [6, 6.07) is 7.60. The van der Waals surface area contributed by atoms with Crippen LogP contribution in [0.5, 0.6) is 5.75 Å². The highest BCUT2D eigenvalue weighted by molar-refractivity contribution is 5.88. The predicted octanol–water partition coefficient (Wildman–Crippen LogP) is 0.735. The molecule has 2 amide bonds. The molecule has 1 aromatic rings. The molecule has 26 heavy (non-hydrogen) atoms. The van der Waals surface area contributed by atoms with Crippen LogP contribution < -0.4 is 10.5 Å². The van der Waals surface area contributed by atoms with Gasteiger partial charge >= 0.3 is 5.97 Å². The second-order valence-corrected chi connectivity index (χ2v) is 6.01. The summed E-state index contributed by atoms with van der Waals surface area (Å²) in [5, 5.41) is 8.75. The van der Waals surface area contributed by atoms with Gasteiger partial charge in [-0.15, -0.1) is 0 Å². The van der Waals surface area contributed by atoms with E-state index in [1.165, 1.54) is 11.8 Å². The van der Waals surface area contributed by atoms with Gasteiger partial charge in [-0.05, 0) is 50.5 Å². The molecule has 0 unspecified atom stereocenters. The number of carbonyl (C=O) groups is 3. The minimum absolute atomic E-state index is 0.407. The molecule has 1 saturated heterocycles. The zero-order valence-electron chi connectivity index (χ0n) is 14.5. The fourth-order valence-electron chi connectivity index (χ4n) is 2.72. The lowest BCUT2D eigenvalue weighted by Crippen LogP contribution is -2.51. The van der Waals surface area contributed by atoms with E-state index in [0.29, 0.717) is 24.3 Å². The molecule has 8 nitrogen and oxygen atoms in total. The quantitative estimate of drug-likeness (QED) is 0.747. The summed E-state index contributed by atoms with van der Waals surface area (Å²) >= 11 is 0. The van der Waals surface area contributed by atoms with Crippen LogP contribution in [0, 0.1) is 11.3 Å². The number of carbonyl (C=O) groups excluding carboxylic acids is 3. The van der Waals surface area contributed by atoms with Crippen molar-refractivity contribution >= 4 is 17.8 Å². The summed E-state index contributed by atoms with van der Waals surface area (Å²) in [4.78, 5) is 37.1. The Balaban J connectivity index is 1.85. The van der Waals surface area contributed by atoms with Crippen molar-refractivity contribution in [2.75, 3.05) is 13.2 Å². The van der Waals surface area contributed by atoms with E-state index in [2.05, 4.69) is 0 Å². The maximum Gasteiger partial charge on any atom is 0.347 e. The van der Waals surface area contributed by atoms with Gasteiger partial charge in [-0.1, -0.05) is 0 Å². The number of rotatable bonds is 6. The lowest BCUT2D eigenvalue weighted by atomic mass is 10.0. The van der Waals surface area contributed by atoms with Gasteiger partial charge in [0.1, 0.15) is 11.8 Å². The first kappa shape index (κ1) is 19.2. The zero-order valence-corrected chi connectivity index (χ0v) is 14.5. The number of nitriles is 1. The van der Waals surface area contributed by atoms with Crippen LogP contribution in [0.2, 0.25) is 0 Å². The summed E-state index contributed by atoms with van der Waals surface area (Å²) < 4.78 is 10.4. The van der Waals surface area contributed by atoms with E-state index in [1.807, 2.05) is 6.07 Å². The van der Waals surface area contributed by atoms with Crippen LogP contribution in [-0.2, 0) is 19.1 Å². The number of hydrogen-bond donors (Lipinski definition) is 1. The van der Waals surface area contributed by atoms with E-state index in [-0.39, 0.29) is 0 Å². The second kappa shape index (κ2) is 8.85. The van der Waals surface area contributed by atoms with Gasteiger partial charge in [0.2, 0.25) is 5.91 Å². The van der Waals surface area contributed by atoms with Gasteiger partial charge < -0.3 is 20.1 Å². The largest absolute Gasteiger partial charge is 0.479 e. The smallest absolute Gasteiger partial charge is 0.347 e. The number of likely N-dealkylation sites (tertiary alicyclic amines) is 1. The molecule has 1 heterocycles. The lowest BCUT2D eigenvalue weighted by molar-refractivity contribution is -0.159. The molecule has 2 atom stereocenters. The van der Waals surface area contributed by atoms with Crippen LogP contribution in [0.1, 0.15) is 31.7 Å². The van der Waals surface area contributed by atoms with Gasteiger partial charge in [0.15, 0.2) is 12.7 Å². The van der Waals surface area contributed by atoms with E-state index in [4.69, 9.17) is 20.5 Å². The number of nitrogens with zero attached hydrogens (tertiary/aromatic N) is 2. The molecule has 0 aliphatic carbocycles. The van der Waals surface area contributed by atoms with Crippen LogP contribution >= 0.6 is 0 Å². The predicted molar refractivity (Wildman–Crippen MR) is 90.8 cm³/mol. The van der Waals surface area contributed by atoms with Crippen LogP contribution in [0.4, 0.5) is 0 Å². The Hall–Kier alpha value is -3.08. The molecule has 0 spiro atoms. The van der Waals surface area contributed by atoms with Crippen molar-refractivity contribution < 1.29 is 23.9 Å². The van der Waals surface area contributed by atoms with Crippen LogP contribution in [0.3, 0.4) is 0 Å². The van der Waals surface area contributed by atoms with Crippen molar-refractivity contribution in [2.45, 2.75) is 38.3 Å². The molecule has 138 valence electrons. The summed E-state index contributed by atoms with van der Waals surface area (Å²) in [7, 11) is 0. The van der Waals surface area contributed by atoms with Gasteiger partial charge in [0.25, 0.3) is 5.91 Å². The Kier molecular flexibility index (Phi) is 6.55. The van der Waals surface area contributed by atoms with Gasteiger partial charge in [-0.25, -0.2) is 4.79 Å². The summed E-state index contributed by atoms with van der Waals surface area (Å²) in [5.41, 5.74) is 5.80. The fourth-order valence-corrected chi connectivity index (χ4v) is 2.72. The number of hydrogen-bond acceptors (Lipinski definition) is 6. The summed E-state index contributed by atoms with van der Waals surface area (Å²) in [5.74, 6) is -1.30. The average molecular weight is 359 g/mol. The first-order chi connectivity index (χ1) is 12.4. The molecule has 8 heteroatoms. The monoisotopic (exact) mass is 359 g/mol. The third-order valence-electron chi connectivity index (χ3n) is 4.12. The number of esters is 1. The fraction of sp³-hybridized carbons (Fsp3) is 0.444. The Bertz CT molecular complexity index is 711. The van der Waals surface area contributed by atoms with Crippen molar-refractivity contribution in [3.05, 3.63) is 29.8 Å². The van der Waals surface area contributed by atoms with Crippen molar-refractivity contribution in [1.82, 2.24) is 4.90 Å². The maximum atomic E-state index is 12.2. The van der Waals surface area contributed by atoms with E-state index in [1.54, 1.807) is 24.3 Å². The molecule has 0 radical (unpaired) electrons. The third-order valence-corrected chi connectivity index (χ3v) is 4.12. The van der Waals surface area contributed by atoms with Crippen molar-refractivity contribution in [3.63, 3.8) is 0 Å². The van der Waals surface area contributed by atoms with E-state index < -0.39 is 36.5 Å². The molecular weight excluding hydrogens is 338 g/mol. The molecule has 1 aliphatic heterocycles. The standard InChI is InChI=1S/C18H21N3O5/c1-12(26-14-7-5-13(10-19)6-8-14)18(24)25-11-16(22)21-9-3-2-4-15(21)17(20)23/h5-8,12,15H,2-4,9,11H2,1H3,(H2,20,23)/t12-,15-/m0/s1. The molecule has 0 saturated carbocycles. The van der Waals surface area contributed by atoms with Gasteiger partial charge in [0.05, 0.1) is 11.6 Å². The number of benzene rings is 1. The zero-order chi connectivity index (χ0) is 19.1. The minimum atomic E-state index is -0.927. The molecule has 2 rings (SSSR count). The molecule has 1 aromatic carbocycles. The number of ether oxygens (including phenoxy) is 2. The maximum absolute atomic E-state index is 12.2. The summed E-state index contributed by atoms with van der Waals surface area (Å²) in [6.07, 6.45) is 1.20. The number of amides is 2. The highest BCUT2D eigenvalue weighted by atomic mass is 16.6. The number of piperidine rings is 1. The molecule has 0 bridgehead atoms. The topological polar surface area (TPSA) is 123 Å². The van der Waals surface area contributed by atoms with Crippen molar-refractivity contribution in [1.29, 1.82) is 5.26 Å². The van der Waals surface area contributed by atoms with Gasteiger partial charge in [-0.3, -0.25) is 9.59 Å². The third kappa shape index (κ3) is 4.96. The van der Waals surface area contributed by atoms with Gasteiger partial charge in [0, 0.05) is 6.54 Å². The molecule has 2 N–H and O–H groups in total. The average Bonchev–Trinajstić information content (AvgIpc) is 2.66. The van der Waals surface area contributed by atoms with E-state index in [0.717, 1.165) is 12.8 Å². The highest BCUT2D eigenvalue weighted by Gasteiger charge is 2.31. The normalized spacial score (nSPS) is 17.7. The second-order valence-electron chi connectivity index (χ2n) is 6.01. The first-order valence-electron chi connectivity index (χ1n) is 8.34. The Labute approximate surface area is 151 Å². The number of primary amides is 1.